The summed E-state index contributed by atoms with van der Waals surface area (Å²) in [5, 5.41) is 0. The summed E-state index contributed by atoms with van der Waals surface area (Å²) >= 11 is 0. The first-order valence-corrected chi connectivity index (χ1v) is 7.91. The van der Waals surface area contributed by atoms with Crippen molar-refractivity contribution in [2.75, 3.05) is 0 Å². The van der Waals surface area contributed by atoms with Gasteiger partial charge in [-0.1, -0.05) is 36.8 Å². The third-order valence-corrected chi connectivity index (χ3v) is 4.00. The average molecular weight is 297 g/mol. The second-order valence-corrected chi connectivity index (χ2v) is 5.73. The van der Waals surface area contributed by atoms with E-state index in [1.807, 2.05) is 41.1 Å². The highest BCUT2D eigenvalue weighted by molar-refractivity contribution is 5.94. The lowest BCUT2D eigenvalue weighted by atomic mass is 9.98. The molecule has 1 aliphatic rings. The Hall–Kier alpha value is -2.23. The predicted molar refractivity (Wildman–Crippen MR) is 82.7 cm³/mol. The van der Waals surface area contributed by atoms with Crippen LogP contribution in [0.25, 0.3) is 0 Å². The van der Waals surface area contributed by atoms with Crippen LogP contribution >= 0.6 is 0 Å². The van der Waals surface area contributed by atoms with Crippen molar-refractivity contribution in [3.63, 3.8) is 0 Å². The topological polar surface area (TPSA) is 43.1 Å². The molecule has 2 aromatic rings. The number of nitrogens with zero attached hydrogens (tertiary/aromatic N) is 2. The quantitative estimate of drug-likeness (QED) is 0.629. The highest BCUT2D eigenvalue weighted by atomic mass is 16.5. The minimum Gasteiger partial charge on any atom is -0.470 e. The van der Waals surface area contributed by atoms with E-state index in [0.717, 1.165) is 18.4 Å². The van der Waals surface area contributed by atoms with Gasteiger partial charge in [-0.15, -0.1) is 0 Å². The molecule has 0 bridgehead atoms. The fourth-order valence-corrected chi connectivity index (χ4v) is 2.80. The first-order chi connectivity index (χ1) is 10.8. The molecule has 0 atom stereocenters. The molecule has 1 aromatic carbocycles. The van der Waals surface area contributed by atoms with E-state index in [4.69, 9.17) is 4.74 Å². The van der Waals surface area contributed by atoms with Crippen LogP contribution in [0.2, 0.25) is 0 Å². The Balaban J connectivity index is 1.64. The molecule has 1 aromatic heterocycles. The maximum Gasteiger partial charge on any atom is 0.280 e. The molecule has 0 amide bonds. The zero-order valence-corrected chi connectivity index (χ0v) is 12.6. The average Bonchev–Trinajstić information content (AvgIpc) is 2.57. The Morgan fingerprint density at radius 1 is 1.18 bits per heavy atom. The SMILES string of the molecule is O=C(C[n+]1ccnc(OC2CCCCC2)c1)c1ccccc1. The van der Waals surface area contributed by atoms with Crippen molar-refractivity contribution < 1.29 is 14.1 Å². The molecule has 1 fully saturated rings. The number of hydrogen-bond acceptors (Lipinski definition) is 3. The van der Waals surface area contributed by atoms with Crippen LogP contribution in [0, 0.1) is 0 Å². The van der Waals surface area contributed by atoms with Gasteiger partial charge in [0.1, 0.15) is 6.10 Å². The van der Waals surface area contributed by atoms with E-state index < -0.39 is 0 Å². The van der Waals surface area contributed by atoms with Crippen molar-refractivity contribution >= 4 is 5.78 Å². The van der Waals surface area contributed by atoms with Crippen LogP contribution in [0.3, 0.4) is 0 Å². The molecular formula is C18H21N2O2+. The minimum atomic E-state index is 0.0837. The lowest BCUT2D eigenvalue weighted by Gasteiger charge is -2.21. The third-order valence-electron chi connectivity index (χ3n) is 4.00. The Bertz CT molecular complexity index is 622. The van der Waals surface area contributed by atoms with E-state index in [2.05, 4.69) is 4.98 Å². The van der Waals surface area contributed by atoms with Crippen LogP contribution in [0.4, 0.5) is 0 Å². The summed E-state index contributed by atoms with van der Waals surface area (Å²) < 4.78 is 7.77. The van der Waals surface area contributed by atoms with Gasteiger partial charge in [0.15, 0.2) is 6.20 Å². The summed E-state index contributed by atoms with van der Waals surface area (Å²) in [6, 6.07) is 9.34. The van der Waals surface area contributed by atoms with Crippen LogP contribution in [-0.4, -0.2) is 16.9 Å². The number of hydrogen-bond donors (Lipinski definition) is 0. The molecule has 1 saturated carbocycles. The van der Waals surface area contributed by atoms with E-state index >= 15 is 0 Å². The molecule has 0 saturated heterocycles. The first-order valence-electron chi connectivity index (χ1n) is 7.91. The molecule has 1 aliphatic carbocycles. The largest absolute Gasteiger partial charge is 0.470 e. The number of carbonyl (C=O) groups excluding carboxylic acids is 1. The number of ketones is 1. The number of Topliss-reactive ketones (excluding diaryl/α,β-unsaturated/α-hetero) is 1. The van der Waals surface area contributed by atoms with Gasteiger partial charge in [-0.25, -0.2) is 4.98 Å². The van der Waals surface area contributed by atoms with Crippen LogP contribution in [0.15, 0.2) is 48.9 Å². The normalized spacial score (nSPS) is 15.5. The summed E-state index contributed by atoms with van der Waals surface area (Å²) in [6.07, 6.45) is 11.5. The third kappa shape index (κ3) is 3.91. The van der Waals surface area contributed by atoms with E-state index in [-0.39, 0.29) is 11.9 Å². The molecule has 0 unspecified atom stereocenters. The summed E-state index contributed by atoms with van der Waals surface area (Å²) in [4.78, 5) is 16.5. The summed E-state index contributed by atoms with van der Waals surface area (Å²) in [5.74, 6) is 0.690. The van der Waals surface area contributed by atoms with E-state index in [0.29, 0.717) is 12.4 Å². The molecule has 4 nitrogen and oxygen atoms in total. The molecule has 1 heterocycles. The van der Waals surface area contributed by atoms with Crippen molar-refractivity contribution in [3.8, 4) is 5.88 Å². The fourth-order valence-electron chi connectivity index (χ4n) is 2.80. The second kappa shape index (κ2) is 7.16. The van der Waals surface area contributed by atoms with Gasteiger partial charge in [0.2, 0.25) is 18.5 Å². The molecule has 0 spiro atoms. The fraction of sp³-hybridized carbons (Fsp3) is 0.389. The van der Waals surface area contributed by atoms with Gasteiger partial charge in [0.05, 0.1) is 6.20 Å². The Kier molecular flexibility index (Phi) is 4.78. The Labute approximate surface area is 130 Å². The van der Waals surface area contributed by atoms with Gasteiger partial charge >= 0.3 is 0 Å². The van der Waals surface area contributed by atoms with Gasteiger partial charge in [-0.2, -0.15) is 4.57 Å². The monoisotopic (exact) mass is 297 g/mol. The van der Waals surface area contributed by atoms with Gasteiger partial charge in [-0.05, 0) is 25.7 Å². The van der Waals surface area contributed by atoms with Crippen LogP contribution < -0.4 is 9.30 Å². The number of benzene rings is 1. The van der Waals surface area contributed by atoms with Crippen LogP contribution in [-0.2, 0) is 6.54 Å². The number of carbonyl (C=O) groups is 1. The molecule has 0 aliphatic heterocycles. The molecule has 4 heteroatoms. The summed E-state index contributed by atoms with van der Waals surface area (Å²) in [5.41, 5.74) is 0.724. The smallest absolute Gasteiger partial charge is 0.280 e. The summed E-state index contributed by atoms with van der Waals surface area (Å²) in [6.45, 7) is 0.299. The lowest BCUT2D eigenvalue weighted by molar-refractivity contribution is -0.684. The maximum atomic E-state index is 12.2. The van der Waals surface area contributed by atoms with E-state index in [1.165, 1.54) is 19.3 Å². The van der Waals surface area contributed by atoms with Gasteiger partial charge in [0, 0.05) is 5.56 Å². The number of ether oxygens (including phenoxy) is 1. The highest BCUT2D eigenvalue weighted by Gasteiger charge is 2.18. The minimum absolute atomic E-state index is 0.0837. The second-order valence-electron chi connectivity index (χ2n) is 5.73. The molecule has 22 heavy (non-hydrogen) atoms. The van der Waals surface area contributed by atoms with Crippen molar-refractivity contribution in [2.24, 2.45) is 0 Å². The lowest BCUT2D eigenvalue weighted by Crippen LogP contribution is -2.38. The van der Waals surface area contributed by atoms with Crippen molar-refractivity contribution in [2.45, 2.75) is 44.8 Å². The molecule has 0 N–H and O–H groups in total. The van der Waals surface area contributed by atoms with Gasteiger partial charge < -0.3 is 4.74 Å². The standard InChI is InChI=1S/C18H21N2O2/c21-17(15-7-3-1-4-8-15)13-20-12-11-19-18(14-20)22-16-9-5-2-6-10-16/h1,3-4,7-8,11-12,14,16H,2,5-6,9-10,13H2/q+1. The first kappa shape index (κ1) is 14.7. The van der Waals surface area contributed by atoms with E-state index in [9.17, 15) is 4.79 Å². The van der Waals surface area contributed by atoms with Gasteiger partial charge in [0.25, 0.3) is 5.88 Å². The Morgan fingerprint density at radius 2 is 1.95 bits per heavy atom. The summed E-state index contributed by atoms with van der Waals surface area (Å²) in [7, 11) is 0. The van der Waals surface area contributed by atoms with Crippen LogP contribution in [0.1, 0.15) is 42.5 Å². The molecular weight excluding hydrogens is 276 g/mol. The van der Waals surface area contributed by atoms with Crippen molar-refractivity contribution in [1.29, 1.82) is 0 Å². The predicted octanol–water partition coefficient (Wildman–Crippen LogP) is 2.96. The number of rotatable bonds is 5. The maximum absolute atomic E-state index is 12.2. The van der Waals surface area contributed by atoms with E-state index in [1.54, 1.807) is 12.4 Å². The van der Waals surface area contributed by atoms with Crippen molar-refractivity contribution in [1.82, 2.24) is 4.98 Å². The zero-order chi connectivity index (χ0) is 15.2. The zero-order valence-electron chi connectivity index (χ0n) is 12.6. The Morgan fingerprint density at radius 3 is 2.73 bits per heavy atom. The molecule has 114 valence electrons. The molecule has 0 radical (unpaired) electrons. The molecule has 3 rings (SSSR count). The van der Waals surface area contributed by atoms with Crippen LogP contribution in [0.5, 0.6) is 5.88 Å². The number of aromatic nitrogens is 2. The highest BCUT2D eigenvalue weighted by Crippen LogP contribution is 2.21. The van der Waals surface area contributed by atoms with Gasteiger partial charge in [-0.3, -0.25) is 4.79 Å². The van der Waals surface area contributed by atoms with Crippen molar-refractivity contribution in [3.05, 3.63) is 54.5 Å².